The number of rotatable bonds is 5. The zero-order valence-corrected chi connectivity index (χ0v) is 16.4. The highest BCUT2D eigenvalue weighted by molar-refractivity contribution is 5.94. The maximum atomic E-state index is 12.8. The quantitative estimate of drug-likeness (QED) is 0.487. The predicted molar refractivity (Wildman–Crippen MR) is 112 cm³/mol. The molecule has 0 aliphatic rings. The first kappa shape index (κ1) is 18.6. The molecule has 0 atom stereocenters. The second kappa shape index (κ2) is 8.10. The van der Waals surface area contributed by atoms with E-state index in [9.17, 15) is 4.79 Å². The molecule has 0 fully saturated rings. The van der Waals surface area contributed by atoms with E-state index in [0.717, 1.165) is 22.3 Å². The molecule has 1 aromatic heterocycles. The topological polar surface area (TPSA) is 59.2 Å². The molecule has 0 saturated heterocycles. The molecule has 29 heavy (non-hydrogen) atoms. The van der Waals surface area contributed by atoms with Gasteiger partial charge in [0.05, 0.1) is 6.54 Å². The van der Waals surface area contributed by atoms with Crippen molar-refractivity contribution in [1.82, 2.24) is 15.0 Å². The summed E-state index contributed by atoms with van der Waals surface area (Å²) in [5.41, 5.74) is 4.83. The van der Waals surface area contributed by atoms with Gasteiger partial charge in [-0.1, -0.05) is 71.4 Å². The Kier molecular flexibility index (Phi) is 5.20. The third kappa shape index (κ3) is 4.24. The molecule has 144 valence electrons. The van der Waals surface area contributed by atoms with Crippen molar-refractivity contribution in [2.24, 2.45) is 0 Å². The Labute approximate surface area is 169 Å². The number of nitrogens with zero attached hydrogens (tertiary/aromatic N) is 3. The van der Waals surface area contributed by atoms with Gasteiger partial charge in [0.15, 0.2) is 0 Å². The first-order valence-electron chi connectivity index (χ1n) is 9.41. The average molecular weight is 383 g/mol. The molecule has 0 N–H and O–H groups in total. The van der Waals surface area contributed by atoms with Crippen LogP contribution in [0.4, 0.5) is 0 Å². The minimum Gasteiger partial charge on any atom is -0.337 e. The Morgan fingerprint density at radius 3 is 2.31 bits per heavy atom. The van der Waals surface area contributed by atoms with Crippen molar-refractivity contribution in [2.45, 2.75) is 13.5 Å². The van der Waals surface area contributed by atoms with Gasteiger partial charge in [-0.15, -0.1) is 0 Å². The SMILES string of the molecule is Cc1cccc(-c2noc(CN(C)C(=O)c3ccc(-c4ccccc4)cc3)n2)c1. The zero-order valence-electron chi connectivity index (χ0n) is 16.4. The standard InChI is InChI=1S/C24H21N3O2/c1-17-7-6-10-21(15-17)23-25-22(29-26-23)16-27(2)24(28)20-13-11-19(12-14-20)18-8-4-3-5-9-18/h3-15H,16H2,1-2H3. The van der Waals surface area contributed by atoms with Crippen molar-refractivity contribution in [3.63, 3.8) is 0 Å². The van der Waals surface area contributed by atoms with Gasteiger partial charge in [0.1, 0.15) is 0 Å². The molecule has 0 saturated carbocycles. The van der Waals surface area contributed by atoms with E-state index in [2.05, 4.69) is 10.1 Å². The highest BCUT2D eigenvalue weighted by Crippen LogP contribution is 2.21. The summed E-state index contributed by atoms with van der Waals surface area (Å²) in [6.07, 6.45) is 0. The molecule has 0 radical (unpaired) electrons. The van der Waals surface area contributed by atoms with E-state index in [1.165, 1.54) is 0 Å². The molecule has 4 aromatic rings. The van der Waals surface area contributed by atoms with E-state index in [-0.39, 0.29) is 12.5 Å². The molecule has 0 aliphatic carbocycles. The van der Waals surface area contributed by atoms with Crippen molar-refractivity contribution >= 4 is 5.91 Å². The van der Waals surface area contributed by atoms with E-state index in [1.54, 1.807) is 11.9 Å². The lowest BCUT2D eigenvalue weighted by Crippen LogP contribution is -2.26. The predicted octanol–water partition coefficient (Wildman–Crippen LogP) is 4.98. The van der Waals surface area contributed by atoms with Crippen LogP contribution in [0.1, 0.15) is 21.8 Å². The first-order chi connectivity index (χ1) is 14.1. The lowest BCUT2D eigenvalue weighted by atomic mass is 10.0. The molecule has 3 aromatic carbocycles. The summed E-state index contributed by atoms with van der Waals surface area (Å²) in [5.74, 6) is 0.829. The molecule has 5 nitrogen and oxygen atoms in total. The van der Waals surface area contributed by atoms with Crippen molar-refractivity contribution in [1.29, 1.82) is 0 Å². The number of hydrogen-bond donors (Lipinski definition) is 0. The first-order valence-corrected chi connectivity index (χ1v) is 9.41. The summed E-state index contributed by atoms with van der Waals surface area (Å²) < 4.78 is 5.34. The van der Waals surface area contributed by atoms with Gasteiger partial charge in [0.25, 0.3) is 5.91 Å². The summed E-state index contributed by atoms with van der Waals surface area (Å²) in [4.78, 5) is 18.7. The van der Waals surface area contributed by atoms with E-state index in [1.807, 2.05) is 85.8 Å². The minimum absolute atomic E-state index is 0.0973. The second-order valence-corrected chi connectivity index (χ2v) is 6.99. The van der Waals surface area contributed by atoms with Crippen LogP contribution in [0.15, 0.2) is 83.4 Å². The largest absolute Gasteiger partial charge is 0.337 e. The fourth-order valence-electron chi connectivity index (χ4n) is 3.15. The smallest absolute Gasteiger partial charge is 0.254 e. The fourth-order valence-corrected chi connectivity index (χ4v) is 3.15. The molecule has 1 amide bonds. The maximum absolute atomic E-state index is 12.8. The molecular weight excluding hydrogens is 362 g/mol. The third-order valence-electron chi connectivity index (χ3n) is 4.70. The van der Waals surface area contributed by atoms with Crippen LogP contribution in [0, 0.1) is 6.92 Å². The van der Waals surface area contributed by atoms with Gasteiger partial charge in [-0.05, 0) is 36.2 Å². The minimum atomic E-state index is -0.0973. The van der Waals surface area contributed by atoms with Gasteiger partial charge in [-0.25, -0.2) is 0 Å². The van der Waals surface area contributed by atoms with Crippen LogP contribution >= 0.6 is 0 Å². The van der Waals surface area contributed by atoms with E-state index < -0.39 is 0 Å². The van der Waals surface area contributed by atoms with Gasteiger partial charge in [0, 0.05) is 18.2 Å². The fraction of sp³-hybridized carbons (Fsp3) is 0.125. The number of carbonyl (C=O) groups is 1. The van der Waals surface area contributed by atoms with E-state index >= 15 is 0 Å². The van der Waals surface area contributed by atoms with Crippen LogP contribution in [0.3, 0.4) is 0 Å². The number of amides is 1. The molecule has 0 bridgehead atoms. The third-order valence-corrected chi connectivity index (χ3v) is 4.70. The Morgan fingerprint density at radius 1 is 0.897 bits per heavy atom. The van der Waals surface area contributed by atoms with Crippen LogP contribution in [0.5, 0.6) is 0 Å². The van der Waals surface area contributed by atoms with Crippen LogP contribution in [-0.2, 0) is 6.54 Å². The molecule has 0 unspecified atom stereocenters. The van der Waals surface area contributed by atoms with Crippen LogP contribution in [0.25, 0.3) is 22.5 Å². The molecule has 5 heteroatoms. The summed E-state index contributed by atoms with van der Waals surface area (Å²) in [6.45, 7) is 2.26. The average Bonchev–Trinajstić information content (AvgIpc) is 3.22. The lowest BCUT2D eigenvalue weighted by molar-refractivity contribution is 0.0769. The lowest BCUT2D eigenvalue weighted by Gasteiger charge is -2.15. The van der Waals surface area contributed by atoms with Crippen LogP contribution in [-0.4, -0.2) is 28.0 Å². The highest BCUT2D eigenvalue weighted by atomic mass is 16.5. The number of aryl methyl sites for hydroxylation is 1. The maximum Gasteiger partial charge on any atom is 0.254 e. The number of hydrogen-bond acceptors (Lipinski definition) is 4. The molecule has 0 spiro atoms. The Bertz CT molecular complexity index is 1120. The Morgan fingerprint density at radius 2 is 1.59 bits per heavy atom. The summed E-state index contributed by atoms with van der Waals surface area (Å²) >= 11 is 0. The van der Waals surface area contributed by atoms with Crippen molar-refractivity contribution < 1.29 is 9.32 Å². The van der Waals surface area contributed by atoms with Gasteiger partial charge in [0.2, 0.25) is 11.7 Å². The Balaban J connectivity index is 1.45. The number of benzene rings is 3. The van der Waals surface area contributed by atoms with Gasteiger partial charge in [-0.3, -0.25) is 4.79 Å². The zero-order chi connectivity index (χ0) is 20.2. The Hall–Kier alpha value is -3.73. The van der Waals surface area contributed by atoms with Gasteiger partial charge in [-0.2, -0.15) is 4.98 Å². The normalized spacial score (nSPS) is 10.7. The molecule has 0 aliphatic heterocycles. The van der Waals surface area contributed by atoms with Crippen molar-refractivity contribution in [3.8, 4) is 22.5 Å². The molecular formula is C24H21N3O2. The van der Waals surface area contributed by atoms with Crippen LogP contribution in [0.2, 0.25) is 0 Å². The monoisotopic (exact) mass is 383 g/mol. The van der Waals surface area contributed by atoms with Crippen molar-refractivity contribution in [3.05, 3.63) is 95.9 Å². The second-order valence-electron chi connectivity index (χ2n) is 6.99. The van der Waals surface area contributed by atoms with E-state index in [0.29, 0.717) is 17.3 Å². The van der Waals surface area contributed by atoms with Gasteiger partial charge >= 0.3 is 0 Å². The highest BCUT2D eigenvalue weighted by Gasteiger charge is 2.16. The number of carbonyl (C=O) groups excluding carboxylic acids is 1. The van der Waals surface area contributed by atoms with E-state index in [4.69, 9.17) is 4.52 Å². The summed E-state index contributed by atoms with van der Waals surface area (Å²) in [5, 5.41) is 4.03. The van der Waals surface area contributed by atoms with Gasteiger partial charge < -0.3 is 9.42 Å². The molecule has 4 rings (SSSR count). The van der Waals surface area contributed by atoms with Crippen LogP contribution < -0.4 is 0 Å². The van der Waals surface area contributed by atoms with Crippen molar-refractivity contribution in [2.75, 3.05) is 7.05 Å². The summed E-state index contributed by atoms with van der Waals surface area (Å²) in [6, 6.07) is 25.6. The summed E-state index contributed by atoms with van der Waals surface area (Å²) in [7, 11) is 1.73. The number of aromatic nitrogens is 2. The molecule has 1 heterocycles.